The zero-order valence-corrected chi connectivity index (χ0v) is 8.95. The number of pyridine rings is 1. The molecule has 0 aliphatic carbocycles. The zero-order valence-electron chi connectivity index (χ0n) is 7.37. The first-order chi connectivity index (χ1) is 6.31. The predicted octanol–water partition coefficient (Wildman–Crippen LogP) is 2.44. The summed E-state index contributed by atoms with van der Waals surface area (Å²) in [4.78, 5) is 4.22. The number of rotatable bonds is 2. The minimum atomic E-state index is 0.649. The van der Waals surface area contributed by atoms with E-state index in [0.29, 0.717) is 4.73 Å². The van der Waals surface area contributed by atoms with E-state index in [1.807, 2.05) is 16.6 Å². The Kier molecular flexibility index (Phi) is 2.31. The van der Waals surface area contributed by atoms with Gasteiger partial charge in [0.05, 0.1) is 0 Å². The lowest BCUT2D eigenvalue weighted by Crippen LogP contribution is -1.97. The van der Waals surface area contributed by atoms with Gasteiger partial charge < -0.3 is 0 Å². The Morgan fingerprint density at radius 3 is 3.08 bits per heavy atom. The molecule has 4 heteroatoms. The van der Waals surface area contributed by atoms with Gasteiger partial charge in [0, 0.05) is 5.69 Å². The van der Waals surface area contributed by atoms with Gasteiger partial charge in [-0.05, 0) is 34.5 Å². The number of fused-ring (bicyclic) bond motifs is 1. The summed E-state index contributed by atoms with van der Waals surface area (Å²) in [6.07, 6.45) is 2.16. The highest BCUT2D eigenvalue weighted by Crippen LogP contribution is 2.10. The van der Waals surface area contributed by atoms with Crippen LogP contribution >= 0.6 is 15.9 Å². The first kappa shape index (κ1) is 8.69. The quantitative estimate of drug-likeness (QED) is 0.806. The van der Waals surface area contributed by atoms with Crippen molar-refractivity contribution in [3.63, 3.8) is 0 Å². The molecule has 0 aliphatic rings. The van der Waals surface area contributed by atoms with E-state index in [2.05, 4.69) is 39.0 Å². The third kappa shape index (κ3) is 1.58. The van der Waals surface area contributed by atoms with Crippen LogP contribution in [-0.2, 0) is 6.42 Å². The lowest BCUT2D eigenvalue weighted by molar-refractivity contribution is 0.802. The monoisotopic (exact) mass is 239 g/mol. The van der Waals surface area contributed by atoms with Crippen molar-refractivity contribution in [1.29, 1.82) is 0 Å². The third-order valence-corrected chi connectivity index (χ3v) is 2.25. The second kappa shape index (κ2) is 3.46. The van der Waals surface area contributed by atoms with Crippen LogP contribution in [0.25, 0.3) is 5.65 Å². The summed E-state index contributed by atoms with van der Waals surface area (Å²) < 4.78 is 2.53. The van der Waals surface area contributed by atoms with Crippen molar-refractivity contribution < 1.29 is 0 Å². The average molecular weight is 240 g/mol. The Bertz CT molecular complexity index is 422. The zero-order chi connectivity index (χ0) is 9.26. The van der Waals surface area contributed by atoms with Crippen LogP contribution in [-0.4, -0.2) is 14.6 Å². The Morgan fingerprint density at radius 1 is 1.46 bits per heavy atom. The summed E-state index contributed by atoms with van der Waals surface area (Å²) in [6.45, 7) is 2.16. The van der Waals surface area contributed by atoms with Crippen LogP contribution in [0, 0.1) is 0 Å². The number of halogens is 1. The van der Waals surface area contributed by atoms with Gasteiger partial charge in [-0.15, -0.1) is 5.10 Å². The first-order valence-electron chi connectivity index (χ1n) is 4.31. The highest BCUT2D eigenvalue weighted by atomic mass is 79.9. The summed E-state index contributed by atoms with van der Waals surface area (Å²) in [5.41, 5.74) is 2.11. The minimum absolute atomic E-state index is 0.649. The van der Waals surface area contributed by atoms with Gasteiger partial charge in [0.25, 0.3) is 0 Å². The molecular weight excluding hydrogens is 230 g/mol. The third-order valence-electron chi connectivity index (χ3n) is 1.92. The van der Waals surface area contributed by atoms with Crippen LogP contribution in [0.2, 0.25) is 0 Å². The van der Waals surface area contributed by atoms with Gasteiger partial charge in [0.15, 0.2) is 5.65 Å². The van der Waals surface area contributed by atoms with Crippen LogP contribution in [0.4, 0.5) is 0 Å². The number of hydrogen-bond donors (Lipinski definition) is 0. The molecule has 0 N–H and O–H groups in total. The normalized spacial score (nSPS) is 10.9. The molecule has 0 saturated heterocycles. The maximum atomic E-state index is 4.25. The van der Waals surface area contributed by atoms with E-state index >= 15 is 0 Å². The van der Waals surface area contributed by atoms with Crippen LogP contribution < -0.4 is 0 Å². The van der Waals surface area contributed by atoms with E-state index in [9.17, 15) is 0 Å². The minimum Gasteiger partial charge on any atom is -0.217 e. The molecule has 68 valence electrons. The molecule has 13 heavy (non-hydrogen) atoms. The van der Waals surface area contributed by atoms with Crippen molar-refractivity contribution in [2.45, 2.75) is 19.8 Å². The summed E-state index contributed by atoms with van der Waals surface area (Å²) in [5.74, 6) is 0. The Labute approximate surface area is 84.9 Å². The molecule has 2 aromatic heterocycles. The van der Waals surface area contributed by atoms with Crippen molar-refractivity contribution >= 4 is 21.6 Å². The van der Waals surface area contributed by atoms with Crippen LogP contribution in [0.15, 0.2) is 22.9 Å². The topological polar surface area (TPSA) is 30.2 Å². The van der Waals surface area contributed by atoms with Gasteiger partial charge in [-0.3, -0.25) is 0 Å². The van der Waals surface area contributed by atoms with Gasteiger partial charge >= 0.3 is 0 Å². The molecule has 0 bridgehead atoms. The van der Waals surface area contributed by atoms with Gasteiger partial charge in [-0.2, -0.15) is 0 Å². The van der Waals surface area contributed by atoms with E-state index in [4.69, 9.17) is 0 Å². The van der Waals surface area contributed by atoms with E-state index in [-0.39, 0.29) is 0 Å². The number of nitrogens with zero attached hydrogens (tertiary/aromatic N) is 3. The molecule has 0 aromatic carbocycles. The molecule has 3 nitrogen and oxygen atoms in total. The van der Waals surface area contributed by atoms with Crippen molar-refractivity contribution in [3.8, 4) is 0 Å². The molecule has 0 aliphatic heterocycles. The smallest absolute Gasteiger partial charge is 0.217 e. The lowest BCUT2D eigenvalue weighted by atomic mass is 10.2. The van der Waals surface area contributed by atoms with Gasteiger partial charge in [-0.25, -0.2) is 9.50 Å². The highest BCUT2D eigenvalue weighted by molar-refractivity contribution is 9.10. The van der Waals surface area contributed by atoms with Crippen LogP contribution in [0.1, 0.15) is 19.0 Å². The highest BCUT2D eigenvalue weighted by Gasteiger charge is 2.03. The lowest BCUT2D eigenvalue weighted by Gasteiger charge is -2.00. The molecule has 0 radical (unpaired) electrons. The van der Waals surface area contributed by atoms with E-state index in [1.54, 1.807) is 0 Å². The summed E-state index contributed by atoms with van der Waals surface area (Å²) in [7, 11) is 0. The fourth-order valence-corrected chi connectivity index (χ4v) is 1.72. The fourth-order valence-electron chi connectivity index (χ4n) is 1.38. The Hall–Kier alpha value is -0.900. The van der Waals surface area contributed by atoms with Gasteiger partial charge in [0.1, 0.15) is 0 Å². The molecule has 0 unspecified atom stereocenters. The summed E-state index contributed by atoms with van der Waals surface area (Å²) in [5, 5.41) is 4.25. The number of aryl methyl sites for hydroxylation is 1. The van der Waals surface area contributed by atoms with Gasteiger partial charge in [-0.1, -0.05) is 19.4 Å². The van der Waals surface area contributed by atoms with Crippen molar-refractivity contribution in [2.24, 2.45) is 0 Å². The average Bonchev–Trinajstić information content (AvgIpc) is 2.47. The first-order valence-corrected chi connectivity index (χ1v) is 5.10. The molecule has 0 atom stereocenters. The maximum Gasteiger partial charge on any atom is 0.218 e. The van der Waals surface area contributed by atoms with E-state index in [1.165, 1.54) is 5.69 Å². The van der Waals surface area contributed by atoms with Crippen LogP contribution in [0.5, 0.6) is 0 Å². The summed E-state index contributed by atoms with van der Waals surface area (Å²) in [6, 6.07) is 6.05. The molecule has 0 saturated carbocycles. The van der Waals surface area contributed by atoms with Gasteiger partial charge in [0.2, 0.25) is 4.73 Å². The standard InChI is InChI=1S/C9H10BrN3/c1-2-4-7-5-3-6-8-11-9(10)12-13(7)8/h3,5-6H,2,4H2,1H3. The van der Waals surface area contributed by atoms with E-state index < -0.39 is 0 Å². The van der Waals surface area contributed by atoms with Crippen molar-refractivity contribution in [1.82, 2.24) is 14.6 Å². The second-order valence-corrected chi connectivity index (χ2v) is 3.63. The summed E-state index contributed by atoms with van der Waals surface area (Å²) >= 11 is 3.27. The van der Waals surface area contributed by atoms with Crippen molar-refractivity contribution in [3.05, 3.63) is 28.6 Å². The second-order valence-electron chi connectivity index (χ2n) is 2.92. The number of hydrogen-bond acceptors (Lipinski definition) is 2. The predicted molar refractivity (Wildman–Crippen MR) is 54.7 cm³/mol. The molecule has 2 heterocycles. The number of aromatic nitrogens is 3. The van der Waals surface area contributed by atoms with Crippen LogP contribution in [0.3, 0.4) is 0 Å². The fraction of sp³-hybridized carbons (Fsp3) is 0.333. The Balaban J connectivity index is 2.60. The molecule has 0 amide bonds. The molecule has 0 spiro atoms. The maximum absolute atomic E-state index is 4.25. The molecular formula is C9H10BrN3. The molecule has 2 rings (SSSR count). The molecule has 2 aromatic rings. The SMILES string of the molecule is CCCc1cccc2nc(Br)nn12. The Morgan fingerprint density at radius 2 is 2.31 bits per heavy atom. The van der Waals surface area contributed by atoms with E-state index in [0.717, 1.165) is 18.5 Å². The molecule has 0 fully saturated rings. The largest absolute Gasteiger partial charge is 0.218 e. The van der Waals surface area contributed by atoms with Crippen molar-refractivity contribution in [2.75, 3.05) is 0 Å².